The third-order valence-electron chi connectivity index (χ3n) is 8.84. The van der Waals surface area contributed by atoms with Gasteiger partial charge in [0, 0.05) is 61.4 Å². The largest absolute Gasteiger partial charge is 0.497 e. The first-order valence-corrected chi connectivity index (χ1v) is 16.0. The predicted molar refractivity (Wildman–Crippen MR) is 186 cm³/mol. The summed E-state index contributed by atoms with van der Waals surface area (Å²) in [6, 6.07) is 31.7. The fourth-order valence-corrected chi connectivity index (χ4v) is 6.35. The topological polar surface area (TPSA) is 69.2 Å². The lowest BCUT2D eigenvalue weighted by molar-refractivity contribution is 0.201. The van der Waals surface area contributed by atoms with E-state index in [1.807, 2.05) is 42.7 Å². The molecule has 3 heterocycles. The molecule has 0 radical (unpaired) electrons. The van der Waals surface area contributed by atoms with Crippen molar-refractivity contribution in [3.63, 3.8) is 0 Å². The number of aromatic nitrogens is 2. The first kappa shape index (κ1) is 31.9. The zero-order valence-electron chi connectivity index (χ0n) is 27.6. The quantitative estimate of drug-likeness (QED) is 0.140. The van der Waals surface area contributed by atoms with Crippen LogP contribution in [-0.4, -0.2) is 62.4 Å². The van der Waals surface area contributed by atoms with Gasteiger partial charge in [-0.3, -0.25) is 14.9 Å². The maximum atomic E-state index is 5.61. The molecule has 0 atom stereocenters. The van der Waals surface area contributed by atoms with Crippen LogP contribution in [-0.2, 0) is 13.1 Å². The molecule has 242 valence electrons. The van der Waals surface area contributed by atoms with Gasteiger partial charge >= 0.3 is 0 Å². The van der Waals surface area contributed by atoms with Gasteiger partial charge < -0.3 is 23.8 Å². The van der Waals surface area contributed by atoms with E-state index in [0.717, 1.165) is 67.3 Å². The van der Waals surface area contributed by atoms with Gasteiger partial charge in [0.05, 0.1) is 39.8 Å². The summed E-state index contributed by atoms with van der Waals surface area (Å²) in [7, 11) is 6.57. The molecule has 5 aromatic rings. The van der Waals surface area contributed by atoms with Gasteiger partial charge in [-0.05, 0) is 84.6 Å². The van der Waals surface area contributed by atoms with Crippen LogP contribution in [0, 0.1) is 0 Å². The van der Waals surface area contributed by atoms with Gasteiger partial charge in [-0.25, -0.2) is 0 Å². The molecule has 0 saturated carbocycles. The number of ether oxygens (including phenoxy) is 4. The molecule has 0 bridgehead atoms. The molecule has 0 N–H and O–H groups in total. The minimum absolute atomic E-state index is 0.384. The number of nitrogens with zero attached hydrogens (tertiary/aromatic N) is 4. The number of pyridine rings is 2. The number of likely N-dealkylation sites (tertiary alicyclic amines) is 1. The summed E-state index contributed by atoms with van der Waals surface area (Å²) in [6.45, 7) is 3.71. The summed E-state index contributed by atoms with van der Waals surface area (Å²) in [6.07, 6.45) is 5.93. The van der Waals surface area contributed by atoms with Crippen molar-refractivity contribution in [1.82, 2.24) is 14.9 Å². The normalized spacial score (nSPS) is 13.6. The minimum Gasteiger partial charge on any atom is -0.497 e. The zero-order chi connectivity index (χ0) is 32.6. The summed E-state index contributed by atoms with van der Waals surface area (Å²) >= 11 is 0. The highest BCUT2D eigenvalue weighted by molar-refractivity contribution is 5.69. The molecular formula is C39H42N4O4. The third kappa shape index (κ3) is 7.50. The molecule has 0 amide bonds. The Morgan fingerprint density at radius 2 is 1.28 bits per heavy atom. The molecule has 0 aliphatic carbocycles. The lowest BCUT2D eigenvalue weighted by atomic mass is 10.00. The monoisotopic (exact) mass is 630 g/mol. The first-order chi connectivity index (χ1) is 23.1. The number of hydrogen-bond donors (Lipinski definition) is 0. The highest BCUT2D eigenvalue weighted by Gasteiger charge is 2.26. The van der Waals surface area contributed by atoms with E-state index in [0.29, 0.717) is 23.3 Å². The lowest BCUT2D eigenvalue weighted by Crippen LogP contribution is -2.44. The van der Waals surface area contributed by atoms with E-state index in [4.69, 9.17) is 23.9 Å². The van der Waals surface area contributed by atoms with Crippen molar-refractivity contribution >= 4 is 5.69 Å². The van der Waals surface area contributed by atoms with E-state index in [9.17, 15) is 0 Å². The van der Waals surface area contributed by atoms with E-state index in [2.05, 4.69) is 75.4 Å². The highest BCUT2D eigenvalue weighted by Crippen LogP contribution is 2.41. The van der Waals surface area contributed by atoms with Crippen LogP contribution in [0.1, 0.15) is 24.0 Å². The van der Waals surface area contributed by atoms with Crippen LogP contribution in [0.4, 0.5) is 5.69 Å². The van der Waals surface area contributed by atoms with Crippen LogP contribution in [0.3, 0.4) is 0 Å². The number of anilines is 1. The van der Waals surface area contributed by atoms with E-state index in [1.54, 1.807) is 28.4 Å². The number of benzene rings is 3. The summed E-state index contributed by atoms with van der Waals surface area (Å²) in [5.74, 6) is 2.62. The van der Waals surface area contributed by atoms with Gasteiger partial charge in [-0.15, -0.1) is 0 Å². The van der Waals surface area contributed by atoms with Crippen LogP contribution in [0.5, 0.6) is 23.0 Å². The fraction of sp³-hybridized carbons (Fsp3) is 0.282. The minimum atomic E-state index is 0.384. The Morgan fingerprint density at radius 3 is 1.89 bits per heavy atom. The molecule has 1 fully saturated rings. The van der Waals surface area contributed by atoms with Crippen molar-refractivity contribution in [3.05, 3.63) is 115 Å². The third-order valence-corrected chi connectivity index (χ3v) is 8.84. The van der Waals surface area contributed by atoms with E-state index < -0.39 is 0 Å². The predicted octanol–water partition coefficient (Wildman–Crippen LogP) is 7.52. The molecule has 47 heavy (non-hydrogen) atoms. The van der Waals surface area contributed by atoms with Gasteiger partial charge in [0.15, 0.2) is 11.5 Å². The Hall–Kier alpha value is -5.08. The Bertz CT molecular complexity index is 1730. The van der Waals surface area contributed by atoms with Gasteiger partial charge in [0.2, 0.25) is 5.75 Å². The smallest absolute Gasteiger partial charge is 0.203 e. The molecule has 3 aromatic carbocycles. The van der Waals surface area contributed by atoms with Crippen LogP contribution >= 0.6 is 0 Å². The van der Waals surface area contributed by atoms with Crippen molar-refractivity contribution in [2.75, 3.05) is 46.4 Å². The van der Waals surface area contributed by atoms with Crippen molar-refractivity contribution in [3.8, 4) is 45.5 Å². The molecular weight excluding hydrogens is 588 g/mol. The van der Waals surface area contributed by atoms with Crippen molar-refractivity contribution < 1.29 is 18.9 Å². The molecule has 1 aliphatic rings. The summed E-state index contributed by atoms with van der Waals surface area (Å²) < 4.78 is 22.2. The molecule has 8 heteroatoms. The molecule has 1 saturated heterocycles. The molecule has 8 nitrogen and oxygen atoms in total. The standard InChI is InChI=1S/C39H42N4O4/c1-44-34-12-10-32(11-13-34)43(27-29-15-19-41-36(23-29)31-24-37(45-2)39(47-4)38(25-31)46-3)33-16-20-42(21-17-33)26-28-14-18-40-35(22-28)30-8-6-5-7-9-30/h5-15,18-19,22-25,33H,16-17,20-21,26-27H2,1-4H3. The van der Waals surface area contributed by atoms with E-state index in [1.165, 1.54) is 16.8 Å². The van der Waals surface area contributed by atoms with Crippen molar-refractivity contribution in [2.24, 2.45) is 0 Å². The Balaban J connectivity index is 1.20. The molecule has 6 rings (SSSR count). The Morgan fingerprint density at radius 1 is 0.660 bits per heavy atom. The number of hydrogen-bond acceptors (Lipinski definition) is 8. The Kier molecular flexibility index (Phi) is 10.2. The second kappa shape index (κ2) is 15.0. The summed E-state index contributed by atoms with van der Waals surface area (Å²) in [5.41, 5.74) is 7.56. The molecule has 1 aliphatic heterocycles. The van der Waals surface area contributed by atoms with Gasteiger partial charge in [-0.2, -0.15) is 0 Å². The van der Waals surface area contributed by atoms with Crippen LogP contribution in [0.15, 0.2) is 103 Å². The van der Waals surface area contributed by atoms with E-state index in [-0.39, 0.29) is 0 Å². The Labute approximate surface area is 277 Å². The van der Waals surface area contributed by atoms with Crippen molar-refractivity contribution in [2.45, 2.75) is 32.0 Å². The second-order valence-electron chi connectivity index (χ2n) is 11.7. The SMILES string of the molecule is COc1ccc(N(Cc2ccnc(-c3cc(OC)c(OC)c(OC)c3)c2)C2CCN(Cc3ccnc(-c4ccccc4)c3)CC2)cc1. The first-order valence-electron chi connectivity index (χ1n) is 16.0. The second-order valence-corrected chi connectivity index (χ2v) is 11.7. The van der Waals surface area contributed by atoms with Crippen LogP contribution < -0.4 is 23.8 Å². The highest BCUT2D eigenvalue weighted by atomic mass is 16.5. The van der Waals surface area contributed by atoms with Crippen LogP contribution in [0.2, 0.25) is 0 Å². The number of piperidine rings is 1. The van der Waals surface area contributed by atoms with E-state index >= 15 is 0 Å². The summed E-state index contributed by atoms with van der Waals surface area (Å²) in [4.78, 5) is 14.4. The van der Waals surface area contributed by atoms with Crippen molar-refractivity contribution in [1.29, 1.82) is 0 Å². The maximum absolute atomic E-state index is 5.61. The average molecular weight is 631 g/mol. The number of methoxy groups -OCH3 is 4. The fourth-order valence-electron chi connectivity index (χ4n) is 6.35. The number of rotatable bonds is 12. The van der Waals surface area contributed by atoms with Gasteiger partial charge in [-0.1, -0.05) is 30.3 Å². The maximum Gasteiger partial charge on any atom is 0.203 e. The zero-order valence-corrected chi connectivity index (χ0v) is 27.6. The van der Waals surface area contributed by atoms with Gasteiger partial charge in [0.25, 0.3) is 0 Å². The van der Waals surface area contributed by atoms with Crippen LogP contribution in [0.25, 0.3) is 22.5 Å². The van der Waals surface area contributed by atoms with Gasteiger partial charge in [0.1, 0.15) is 5.75 Å². The molecule has 0 spiro atoms. The summed E-state index contributed by atoms with van der Waals surface area (Å²) in [5, 5.41) is 0. The molecule has 0 unspecified atom stereocenters. The lowest BCUT2D eigenvalue weighted by Gasteiger charge is -2.40. The average Bonchev–Trinajstić information content (AvgIpc) is 3.14. The molecule has 2 aromatic heterocycles.